The van der Waals surface area contributed by atoms with E-state index in [9.17, 15) is 9.18 Å². The molecule has 2 rings (SSSR count). The van der Waals surface area contributed by atoms with Gasteiger partial charge in [0.25, 0.3) is 5.91 Å². The van der Waals surface area contributed by atoms with Crippen LogP contribution in [0.4, 0.5) is 4.39 Å². The lowest BCUT2D eigenvalue weighted by atomic mass is 10.2. The zero-order valence-electron chi connectivity index (χ0n) is 12.3. The molecule has 0 saturated carbocycles. The first-order chi connectivity index (χ1) is 11.1. The molecule has 2 aromatic rings. The second kappa shape index (κ2) is 8.14. The average molecular weight is 337 g/mol. The zero-order chi connectivity index (χ0) is 16.7. The van der Waals surface area contributed by atoms with Crippen LogP contribution in [0.3, 0.4) is 0 Å². The SMILES string of the molecule is COc1ccc(OCC(=O)NN=Cc2c(F)cccc2Cl)cc1. The minimum Gasteiger partial charge on any atom is -0.497 e. The lowest BCUT2D eigenvalue weighted by Crippen LogP contribution is -2.24. The number of hydrogen-bond acceptors (Lipinski definition) is 4. The number of carbonyl (C=O) groups excluding carboxylic acids is 1. The Morgan fingerprint density at radius 1 is 1.26 bits per heavy atom. The van der Waals surface area contributed by atoms with Gasteiger partial charge in [0.1, 0.15) is 17.3 Å². The van der Waals surface area contributed by atoms with Crippen LogP contribution < -0.4 is 14.9 Å². The largest absolute Gasteiger partial charge is 0.497 e. The molecule has 0 radical (unpaired) electrons. The molecule has 2 aromatic carbocycles. The maximum absolute atomic E-state index is 13.5. The third-order valence-corrected chi connectivity index (χ3v) is 3.14. The molecule has 0 saturated heterocycles. The molecule has 0 aliphatic carbocycles. The van der Waals surface area contributed by atoms with Crippen molar-refractivity contribution >= 4 is 23.7 Å². The molecule has 0 unspecified atom stereocenters. The molecule has 23 heavy (non-hydrogen) atoms. The molecular weight excluding hydrogens is 323 g/mol. The summed E-state index contributed by atoms with van der Waals surface area (Å²) in [5, 5.41) is 3.86. The second-order valence-corrected chi connectivity index (χ2v) is 4.80. The zero-order valence-corrected chi connectivity index (χ0v) is 13.0. The standard InChI is InChI=1S/C16H14ClFN2O3/c1-22-11-5-7-12(8-6-11)23-10-16(21)20-19-9-13-14(17)3-2-4-15(13)18/h2-9H,10H2,1H3,(H,20,21). The van der Waals surface area contributed by atoms with E-state index in [1.54, 1.807) is 31.4 Å². The average Bonchev–Trinajstić information content (AvgIpc) is 2.56. The third kappa shape index (κ3) is 4.96. The first-order valence-corrected chi connectivity index (χ1v) is 7.00. The lowest BCUT2D eigenvalue weighted by Gasteiger charge is -2.06. The smallest absolute Gasteiger partial charge is 0.277 e. The van der Waals surface area contributed by atoms with Crippen molar-refractivity contribution in [3.05, 3.63) is 58.9 Å². The molecule has 0 bridgehead atoms. The van der Waals surface area contributed by atoms with Crippen LogP contribution in [0.1, 0.15) is 5.56 Å². The monoisotopic (exact) mass is 336 g/mol. The molecule has 1 N–H and O–H groups in total. The van der Waals surface area contributed by atoms with E-state index >= 15 is 0 Å². The summed E-state index contributed by atoms with van der Waals surface area (Å²) < 4.78 is 23.8. The molecular formula is C16H14ClFN2O3. The van der Waals surface area contributed by atoms with Gasteiger partial charge in [-0.1, -0.05) is 17.7 Å². The number of methoxy groups -OCH3 is 1. The normalized spacial score (nSPS) is 10.6. The Hall–Kier alpha value is -2.60. The third-order valence-electron chi connectivity index (χ3n) is 2.81. The van der Waals surface area contributed by atoms with Crippen LogP contribution in [0.25, 0.3) is 0 Å². The Labute approximate surface area is 137 Å². The van der Waals surface area contributed by atoms with Crippen molar-refractivity contribution in [1.29, 1.82) is 0 Å². The van der Waals surface area contributed by atoms with E-state index in [1.165, 1.54) is 18.2 Å². The molecule has 0 aliphatic heterocycles. The van der Waals surface area contributed by atoms with Crippen molar-refractivity contribution in [3.63, 3.8) is 0 Å². The highest BCUT2D eigenvalue weighted by atomic mass is 35.5. The van der Waals surface area contributed by atoms with Crippen LogP contribution in [0.15, 0.2) is 47.6 Å². The van der Waals surface area contributed by atoms with Crippen molar-refractivity contribution in [2.45, 2.75) is 0 Å². The van der Waals surface area contributed by atoms with Crippen molar-refractivity contribution in [1.82, 2.24) is 5.43 Å². The Kier molecular flexibility index (Phi) is 5.94. The Morgan fingerprint density at radius 3 is 2.61 bits per heavy atom. The highest BCUT2D eigenvalue weighted by Gasteiger charge is 2.05. The minimum atomic E-state index is -0.523. The van der Waals surface area contributed by atoms with Gasteiger partial charge >= 0.3 is 0 Å². The number of nitrogens with zero attached hydrogens (tertiary/aromatic N) is 1. The number of amides is 1. The van der Waals surface area contributed by atoms with Crippen LogP contribution in [-0.2, 0) is 4.79 Å². The minimum absolute atomic E-state index is 0.102. The Bertz CT molecular complexity index is 685. The van der Waals surface area contributed by atoms with Gasteiger partial charge in [0.2, 0.25) is 0 Å². The fraction of sp³-hybridized carbons (Fsp3) is 0.125. The lowest BCUT2D eigenvalue weighted by molar-refractivity contribution is -0.123. The highest BCUT2D eigenvalue weighted by molar-refractivity contribution is 6.33. The number of ether oxygens (including phenoxy) is 2. The molecule has 0 heterocycles. The number of nitrogens with one attached hydrogen (secondary N) is 1. The first-order valence-electron chi connectivity index (χ1n) is 6.63. The molecule has 0 spiro atoms. The van der Waals surface area contributed by atoms with Crippen molar-refractivity contribution < 1.29 is 18.7 Å². The summed E-state index contributed by atoms with van der Waals surface area (Å²) in [5.41, 5.74) is 2.34. The van der Waals surface area contributed by atoms with E-state index in [1.807, 2.05) is 0 Å². The fourth-order valence-corrected chi connectivity index (χ4v) is 1.87. The number of carbonyl (C=O) groups is 1. The van der Waals surface area contributed by atoms with Gasteiger partial charge in [-0.2, -0.15) is 5.10 Å². The summed E-state index contributed by atoms with van der Waals surface area (Å²) in [6.45, 7) is -0.228. The molecule has 1 amide bonds. The summed E-state index contributed by atoms with van der Waals surface area (Å²) in [6.07, 6.45) is 1.14. The van der Waals surface area contributed by atoms with Gasteiger partial charge in [-0.3, -0.25) is 4.79 Å². The van der Waals surface area contributed by atoms with E-state index in [2.05, 4.69) is 10.5 Å². The highest BCUT2D eigenvalue weighted by Crippen LogP contribution is 2.17. The molecule has 0 aliphatic rings. The van der Waals surface area contributed by atoms with E-state index in [-0.39, 0.29) is 17.2 Å². The fourth-order valence-electron chi connectivity index (χ4n) is 1.66. The number of hydrogen-bond donors (Lipinski definition) is 1. The van der Waals surface area contributed by atoms with Gasteiger partial charge in [0.05, 0.1) is 18.3 Å². The van der Waals surface area contributed by atoms with Gasteiger partial charge in [0.15, 0.2) is 6.61 Å². The topological polar surface area (TPSA) is 59.9 Å². The second-order valence-electron chi connectivity index (χ2n) is 4.39. The van der Waals surface area contributed by atoms with Crippen LogP contribution in [0, 0.1) is 5.82 Å². The van der Waals surface area contributed by atoms with Crippen LogP contribution in [0.2, 0.25) is 5.02 Å². The maximum Gasteiger partial charge on any atom is 0.277 e. The molecule has 7 heteroatoms. The van der Waals surface area contributed by atoms with Crippen LogP contribution in [0.5, 0.6) is 11.5 Å². The van der Waals surface area contributed by atoms with Gasteiger partial charge < -0.3 is 9.47 Å². The van der Waals surface area contributed by atoms with Crippen molar-refractivity contribution in [2.24, 2.45) is 5.10 Å². The van der Waals surface area contributed by atoms with E-state index in [4.69, 9.17) is 21.1 Å². The van der Waals surface area contributed by atoms with Gasteiger partial charge in [-0.25, -0.2) is 9.82 Å². The van der Waals surface area contributed by atoms with Crippen molar-refractivity contribution in [2.75, 3.05) is 13.7 Å². The number of hydrazone groups is 1. The predicted octanol–water partition coefficient (Wildman–Crippen LogP) is 3.02. The van der Waals surface area contributed by atoms with E-state index in [0.29, 0.717) is 11.5 Å². The summed E-state index contributed by atoms with van der Waals surface area (Å²) >= 11 is 5.83. The molecule has 0 atom stereocenters. The summed E-state index contributed by atoms with van der Waals surface area (Å²) in [6, 6.07) is 11.0. The molecule has 5 nitrogen and oxygen atoms in total. The maximum atomic E-state index is 13.5. The number of halogens is 2. The van der Waals surface area contributed by atoms with Crippen LogP contribution in [-0.4, -0.2) is 25.8 Å². The summed E-state index contributed by atoms with van der Waals surface area (Å²) in [5.74, 6) is 0.199. The van der Waals surface area contributed by atoms with E-state index < -0.39 is 11.7 Å². The predicted molar refractivity (Wildman–Crippen MR) is 85.6 cm³/mol. The van der Waals surface area contributed by atoms with Crippen molar-refractivity contribution in [3.8, 4) is 11.5 Å². The Morgan fingerprint density at radius 2 is 1.96 bits per heavy atom. The summed E-state index contributed by atoms with van der Waals surface area (Å²) in [7, 11) is 1.56. The molecule has 0 aromatic heterocycles. The number of benzene rings is 2. The number of rotatable bonds is 6. The Balaban J connectivity index is 1.84. The first kappa shape index (κ1) is 16.8. The summed E-state index contributed by atoms with van der Waals surface area (Å²) in [4.78, 5) is 11.6. The van der Waals surface area contributed by atoms with Gasteiger partial charge in [0, 0.05) is 5.56 Å². The van der Waals surface area contributed by atoms with Gasteiger partial charge in [-0.15, -0.1) is 0 Å². The van der Waals surface area contributed by atoms with E-state index in [0.717, 1.165) is 6.21 Å². The molecule has 120 valence electrons. The van der Waals surface area contributed by atoms with Gasteiger partial charge in [-0.05, 0) is 36.4 Å². The quantitative estimate of drug-likeness (QED) is 0.651. The molecule has 0 fully saturated rings. The van der Waals surface area contributed by atoms with Crippen LogP contribution >= 0.6 is 11.6 Å².